The molecule has 0 aromatic carbocycles. The van der Waals surface area contributed by atoms with Crippen molar-refractivity contribution in [1.29, 1.82) is 0 Å². The van der Waals surface area contributed by atoms with E-state index in [1.807, 2.05) is 0 Å². The van der Waals surface area contributed by atoms with Crippen LogP contribution < -0.4 is 5.32 Å². The zero-order chi connectivity index (χ0) is 15.1. The van der Waals surface area contributed by atoms with Crippen molar-refractivity contribution in [3.8, 4) is 0 Å². The predicted molar refractivity (Wildman–Crippen MR) is 89.7 cm³/mol. The maximum absolute atomic E-state index is 12.7. The second-order valence-corrected chi connectivity index (χ2v) is 7.97. The van der Waals surface area contributed by atoms with E-state index >= 15 is 0 Å². The molecule has 2 fully saturated rings. The normalized spacial score (nSPS) is 29.1. The van der Waals surface area contributed by atoms with E-state index in [2.05, 4.69) is 27.5 Å². The van der Waals surface area contributed by atoms with E-state index in [1.165, 1.54) is 24.0 Å². The van der Waals surface area contributed by atoms with Gasteiger partial charge in [0, 0.05) is 38.3 Å². The van der Waals surface area contributed by atoms with Gasteiger partial charge in [-0.15, -0.1) is 11.3 Å². The largest absolute Gasteiger partial charge is 0.347 e. The summed E-state index contributed by atoms with van der Waals surface area (Å²) < 4.78 is 0. The van der Waals surface area contributed by atoms with Crippen LogP contribution in [0.4, 0.5) is 0 Å². The van der Waals surface area contributed by atoms with E-state index in [-0.39, 0.29) is 5.91 Å². The Kier molecular flexibility index (Phi) is 3.96. The minimum absolute atomic E-state index is 0.173. The van der Waals surface area contributed by atoms with Crippen LogP contribution in [0.1, 0.15) is 40.1 Å². The Morgan fingerprint density at radius 2 is 2.14 bits per heavy atom. The van der Waals surface area contributed by atoms with Gasteiger partial charge in [0.1, 0.15) is 0 Å². The van der Waals surface area contributed by atoms with Crippen LogP contribution in [-0.4, -0.2) is 61.0 Å². The summed E-state index contributed by atoms with van der Waals surface area (Å²) >= 11 is 1.65. The number of aryl methyl sites for hydroxylation is 1. The molecule has 0 saturated carbocycles. The first kappa shape index (κ1) is 14.7. The lowest BCUT2D eigenvalue weighted by Gasteiger charge is -2.34. The van der Waals surface area contributed by atoms with Crippen LogP contribution in [-0.2, 0) is 12.8 Å². The highest BCUT2D eigenvalue weighted by atomic mass is 32.1. The minimum Gasteiger partial charge on any atom is -0.347 e. The Labute approximate surface area is 136 Å². The van der Waals surface area contributed by atoms with Gasteiger partial charge in [0.15, 0.2) is 0 Å². The molecular weight excluding hydrogens is 294 g/mol. The summed E-state index contributed by atoms with van der Waals surface area (Å²) in [5.41, 5.74) is 2.76. The quantitative estimate of drug-likeness (QED) is 0.902. The predicted octanol–water partition coefficient (Wildman–Crippen LogP) is 1.74. The lowest BCUT2D eigenvalue weighted by atomic mass is 9.94. The van der Waals surface area contributed by atoms with E-state index in [4.69, 9.17) is 0 Å². The first-order chi connectivity index (χ1) is 10.7. The Bertz CT molecular complexity index is 570. The van der Waals surface area contributed by atoms with Crippen molar-refractivity contribution in [3.05, 3.63) is 21.4 Å². The van der Waals surface area contributed by atoms with E-state index in [0.717, 1.165) is 50.3 Å². The maximum Gasteiger partial charge on any atom is 0.261 e. The van der Waals surface area contributed by atoms with Gasteiger partial charge in [-0.25, -0.2) is 0 Å². The van der Waals surface area contributed by atoms with Gasteiger partial charge in [-0.2, -0.15) is 0 Å². The topological polar surface area (TPSA) is 35.6 Å². The zero-order valence-electron chi connectivity index (χ0n) is 13.3. The number of piperazine rings is 1. The fraction of sp³-hybridized carbons (Fsp3) is 0.706. The molecule has 1 amide bonds. The molecule has 0 radical (unpaired) electrons. The molecule has 1 aromatic heterocycles. The summed E-state index contributed by atoms with van der Waals surface area (Å²) in [7, 11) is 2.20. The summed E-state index contributed by atoms with van der Waals surface area (Å²) in [6.07, 6.45) is 5.85. The van der Waals surface area contributed by atoms with Crippen molar-refractivity contribution in [2.45, 2.75) is 44.2 Å². The second-order valence-electron chi connectivity index (χ2n) is 7.09. The van der Waals surface area contributed by atoms with Crippen LogP contribution in [0.5, 0.6) is 0 Å². The van der Waals surface area contributed by atoms with Gasteiger partial charge in [0.25, 0.3) is 5.91 Å². The summed E-state index contributed by atoms with van der Waals surface area (Å²) in [5, 5.41) is 5.52. The standard InChI is InChI=1S/C17H25N3OS/c1-19-6-7-20-9-13(8-14(20)10-19)18-17(21)16-15-5-3-2-4-12(15)11-22-16/h11,13-14H,2-10H2,1H3,(H,18,21)/t13-,14-/m0/s1. The molecular formula is C17H25N3OS. The molecule has 120 valence electrons. The monoisotopic (exact) mass is 319 g/mol. The van der Waals surface area contributed by atoms with E-state index in [0.29, 0.717) is 12.1 Å². The van der Waals surface area contributed by atoms with Crippen LogP contribution >= 0.6 is 11.3 Å². The van der Waals surface area contributed by atoms with E-state index in [1.54, 1.807) is 11.3 Å². The molecule has 3 heterocycles. The van der Waals surface area contributed by atoms with Gasteiger partial charge in [0.05, 0.1) is 4.88 Å². The number of carbonyl (C=O) groups is 1. The van der Waals surface area contributed by atoms with Crippen molar-refractivity contribution in [2.75, 3.05) is 33.2 Å². The van der Waals surface area contributed by atoms with E-state index < -0.39 is 0 Å². The summed E-state index contributed by atoms with van der Waals surface area (Å²) in [4.78, 5) is 18.6. The van der Waals surface area contributed by atoms with Crippen LogP contribution in [0.15, 0.2) is 5.38 Å². The Balaban J connectivity index is 1.41. The SMILES string of the molecule is CN1CCN2C[C@@H](NC(=O)c3scc4c3CCCC4)C[C@H]2C1. The third-order valence-electron chi connectivity index (χ3n) is 5.46. The van der Waals surface area contributed by atoms with Crippen LogP contribution in [0, 0.1) is 0 Å². The number of carbonyl (C=O) groups excluding carboxylic acids is 1. The molecule has 2 atom stereocenters. The van der Waals surface area contributed by atoms with Crippen LogP contribution in [0.3, 0.4) is 0 Å². The molecule has 0 bridgehead atoms. The van der Waals surface area contributed by atoms with Crippen molar-refractivity contribution < 1.29 is 4.79 Å². The van der Waals surface area contributed by atoms with Gasteiger partial charge < -0.3 is 10.2 Å². The molecule has 4 nitrogen and oxygen atoms in total. The molecule has 2 saturated heterocycles. The Morgan fingerprint density at radius 1 is 1.27 bits per heavy atom. The smallest absolute Gasteiger partial charge is 0.261 e. The Morgan fingerprint density at radius 3 is 3.05 bits per heavy atom. The summed E-state index contributed by atoms with van der Waals surface area (Å²) in [5.74, 6) is 0.173. The first-order valence-electron chi connectivity index (χ1n) is 8.53. The third-order valence-corrected chi connectivity index (χ3v) is 6.53. The summed E-state index contributed by atoms with van der Waals surface area (Å²) in [6, 6.07) is 0.951. The number of amides is 1. The van der Waals surface area contributed by atoms with Gasteiger partial charge in [0.2, 0.25) is 0 Å². The highest BCUT2D eigenvalue weighted by molar-refractivity contribution is 7.12. The van der Waals surface area contributed by atoms with Gasteiger partial charge >= 0.3 is 0 Å². The summed E-state index contributed by atoms with van der Waals surface area (Å²) in [6.45, 7) is 4.45. The molecule has 0 spiro atoms. The van der Waals surface area contributed by atoms with Crippen molar-refractivity contribution in [1.82, 2.24) is 15.1 Å². The number of hydrogen-bond acceptors (Lipinski definition) is 4. The Hall–Kier alpha value is -0.910. The number of nitrogens with one attached hydrogen (secondary N) is 1. The molecule has 5 heteroatoms. The fourth-order valence-corrected chi connectivity index (χ4v) is 5.33. The number of likely N-dealkylation sites (N-methyl/N-ethyl adjacent to an activating group) is 1. The van der Waals surface area contributed by atoms with Crippen LogP contribution in [0.2, 0.25) is 0 Å². The number of thiophene rings is 1. The third kappa shape index (κ3) is 2.70. The molecule has 0 unspecified atom stereocenters. The minimum atomic E-state index is 0.173. The highest BCUT2D eigenvalue weighted by Crippen LogP contribution is 2.30. The molecule has 1 aliphatic carbocycles. The van der Waals surface area contributed by atoms with Crippen LogP contribution in [0.25, 0.3) is 0 Å². The van der Waals surface area contributed by atoms with Gasteiger partial charge in [-0.1, -0.05) is 0 Å². The zero-order valence-corrected chi connectivity index (χ0v) is 14.1. The second kappa shape index (κ2) is 5.95. The average molecular weight is 319 g/mol. The molecule has 4 rings (SSSR count). The lowest BCUT2D eigenvalue weighted by Crippen LogP contribution is -2.48. The van der Waals surface area contributed by atoms with Crippen molar-refractivity contribution in [3.63, 3.8) is 0 Å². The molecule has 22 heavy (non-hydrogen) atoms. The van der Waals surface area contributed by atoms with E-state index in [9.17, 15) is 4.79 Å². The van der Waals surface area contributed by atoms with Gasteiger partial charge in [-0.05, 0) is 55.7 Å². The number of fused-ring (bicyclic) bond motifs is 2. The lowest BCUT2D eigenvalue weighted by molar-refractivity contribution is 0.0939. The fourth-order valence-electron chi connectivity index (χ4n) is 4.26. The maximum atomic E-state index is 12.7. The number of nitrogens with zero attached hydrogens (tertiary/aromatic N) is 2. The molecule has 2 aliphatic heterocycles. The first-order valence-corrected chi connectivity index (χ1v) is 9.41. The highest BCUT2D eigenvalue weighted by Gasteiger charge is 2.36. The number of rotatable bonds is 2. The van der Waals surface area contributed by atoms with Crippen molar-refractivity contribution in [2.24, 2.45) is 0 Å². The number of hydrogen-bond donors (Lipinski definition) is 1. The molecule has 3 aliphatic rings. The molecule has 1 aromatic rings. The van der Waals surface area contributed by atoms with Gasteiger partial charge in [-0.3, -0.25) is 9.69 Å². The average Bonchev–Trinajstić information content (AvgIpc) is 3.09. The molecule has 1 N–H and O–H groups in total. The van der Waals surface area contributed by atoms with Crippen molar-refractivity contribution >= 4 is 17.2 Å².